The normalized spacial score (nSPS) is 19.3. The van der Waals surface area contributed by atoms with Crippen LogP contribution in [0.5, 0.6) is 0 Å². The minimum Gasteiger partial charge on any atom is -0.299 e. The summed E-state index contributed by atoms with van der Waals surface area (Å²) in [6.45, 7) is 2.56. The molecule has 0 bridgehead atoms. The third-order valence-corrected chi connectivity index (χ3v) is 5.98. The molecule has 0 saturated carbocycles. The number of hydrogen-bond acceptors (Lipinski definition) is 4. The largest absolute Gasteiger partial charge is 0.299 e. The van der Waals surface area contributed by atoms with Gasteiger partial charge in [-0.3, -0.25) is 19.8 Å². The third kappa shape index (κ3) is 3.03. The number of likely N-dealkylation sites (tertiary alicyclic amines) is 1. The van der Waals surface area contributed by atoms with E-state index in [9.17, 15) is 14.9 Å². The predicted molar refractivity (Wildman–Crippen MR) is 99.1 cm³/mol. The molecule has 2 aromatic rings. The average Bonchev–Trinajstić information content (AvgIpc) is 2.67. The zero-order chi connectivity index (χ0) is 18.1. The van der Waals surface area contributed by atoms with E-state index in [1.807, 2.05) is 30.3 Å². The molecular formula is C21H22N2O3. The second-order valence-corrected chi connectivity index (χ2v) is 7.47. The maximum atomic E-state index is 13.1. The second kappa shape index (κ2) is 6.65. The molecule has 1 aliphatic heterocycles. The number of benzene rings is 2. The first-order chi connectivity index (χ1) is 12.6. The third-order valence-electron chi connectivity index (χ3n) is 5.98. The minimum absolute atomic E-state index is 0.123. The van der Waals surface area contributed by atoms with Crippen LogP contribution in [0.2, 0.25) is 0 Å². The van der Waals surface area contributed by atoms with E-state index < -0.39 is 0 Å². The number of ketones is 1. The van der Waals surface area contributed by atoms with Crippen molar-refractivity contribution in [1.82, 2.24) is 4.90 Å². The van der Waals surface area contributed by atoms with Gasteiger partial charge in [0.15, 0.2) is 5.78 Å². The Balaban J connectivity index is 1.41. The fourth-order valence-corrected chi connectivity index (χ4v) is 4.33. The fraction of sp³-hybridized carbons (Fsp3) is 0.381. The first kappa shape index (κ1) is 16.9. The van der Waals surface area contributed by atoms with Crippen LogP contribution >= 0.6 is 0 Å². The predicted octanol–water partition coefficient (Wildman–Crippen LogP) is 4.01. The van der Waals surface area contributed by atoms with Crippen LogP contribution in [0.15, 0.2) is 48.5 Å². The van der Waals surface area contributed by atoms with Gasteiger partial charge in [-0.05, 0) is 49.9 Å². The lowest BCUT2D eigenvalue weighted by molar-refractivity contribution is -0.384. The lowest BCUT2D eigenvalue weighted by Gasteiger charge is -2.43. The van der Waals surface area contributed by atoms with Crippen molar-refractivity contribution in [2.75, 3.05) is 13.1 Å². The van der Waals surface area contributed by atoms with Crippen LogP contribution in [-0.4, -0.2) is 28.7 Å². The highest BCUT2D eigenvalue weighted by atomic mass is 16.6. The summed E-state index contributed by atoms with van der Waals surface area (Å²) in [4.78, 5) is 25.8. The Hall–Kier alpha value is -2.53. The molecule has 0 amide bonds. The van der Waals surface area contributed by atoms with Gasteiger partial charge in [-0.1, -0.05) is 36.4 Å². The molecule has 1 aliphatic carbocycles. The molecule has 5 heteroatoms. The zero-order valence-electron chi connectivity index (χ0n) is 14.7. The van der Waals surface area contributed by atoms with Crippen molar-refractivity contribution in [2.24, 2.45) is 5.41 Å². The number of carbonyl (C=O) groups excluding carboxylic acids is 1. The number of nitro groups is 1. The number of nitrogens with zero attached hydrogens (tertiary/aromatic N) is 2. The van der Waals surface area contributed by atoms with E-state index in [-0.39, 0.29) is 16.0 Å². The van der Waals surface area contributed by atoms with Crippen LogP contribution in [0.3, 0.4) is 0 Å². The summed E-state index contributed by atoms with van der Waals surface area (Å²) in [5, 5.41) is 10.8. The van der Waals surface area contributed by atoms with Crippen LogP contribution < -0.4 is 0 Å². The van der Waals surface area contributed by atoms with E-state index >= 15 is 0 Å². The molecule has 0 radical (unpaired) electrons. The summed E-state index contributed by atoms with van der Waals surface area (Å²) in [6, 6.07) is 14.8. The molecule has 26 heavy (non-hydrogen) atoms. The Bertz CT molecular complexity index is 837. The van der Waals surface area contributed by atoms with Gasteiger partial charge in [0.2, 0.25) is 0 Å². The lowest BCUT2D eigenvalue weighted by Crippen LogP contribution is -2.46. The fourth-order valence-electron chi connectivity index (χ4n) is 4.33. The molecule has 4 rings (SSSR count). The molecule has 0 unspecified atom stereocenters. The molecule has 0 N–H and O–H groups in total. The Morgan fingerprint density at radius 3 is 2.38 bits per heavy atom. The van der Waals surface area contributed by atoms with Crippen molar-refractivity contribution >= 4 is 11.5 Å². The molecular weight excluding hydrogens is 328 g/mol. The highest BCUT2D eigenvalue weighted by Gasteiger charge is 2.44. The van der Waals surface area contributed by atoms with Crippen LogP contribution in [0.25, 0.3) is 0 Å². The topological polar surface area (TPSA) is 63.5 Å². The average molecular weight is 350 g/mol. The van der Waals surface area contributed by atoms with Gasteiger partial charge in [0.25, 0.3) is 5.69 Å². The smallest absolute Gasteiger partial charge is 0.269 e. The van der Waals surface area contributed by atoms with E-state index in [2.05, 4.69) is 11.0 Å². The highest BCUT2D eigenvalue weighted by Crippen LogP contribution is 2.43. The van der Waals surface area contributed by atoms with Crippen molar-refractivity contribution in [2.45, 2.75) is 32.2 Å². The Labute approximate surface area is 152 Å². The molecule has 2 aromatic carbocycles. The molecule has 2 aliphatic rings. The van der Waals surface area contributed by atoms with Crippen LogP contribution in [0.1, 0.15) is 40.7 Å². The first-order valence-electron chi connectivity index (χ1n) is 9.16. The molecule has 1 saturated heterocycles. The standard InChI is InChI=1S/C21H22N2O3/c24-20-19-4-2-1-3-17(19)9-10-21(20)11-13-22(14-12-21)15-16-5-7-18(8-6-16)23(25)26/h1-8H,9-15H2. The Morgan fingerprint density at radius 1 is 1.00 bits per heavy atom. The molecule has 134 valence electrons. The number of carbonyl (C=O) groups is 1. The maximum Gasteiger partial charge on any atom is 0.269 e. The van der Waals surface area contributed by atoms with E-state index in [0.717, 1.165) is 56.4 Å². The van der Waals surface area contributed by atoms with Crippen molar-refractivity contribution in [3.63, 3.8) is 0 Å². The second-order valence-electron chi connectivity index (χ2n) is 7.47. The SMILES string of the molecule is O=C1c2ccccc2CCC12CCN(Cc1ccc([N+](=O)[O-])cc1)CC2. The molecule has 1 spiro atoms. The number of rotatable bonds is 3. The van der Waals surface area contributed by atoms with Gasteiger partial charge in [-0.2, -0.15) is 0 Å². The Morgan fingerprint density at radius 2 is 1.69 bits per heavy atom. The van der Waals surface area contributed by atoms with Crippen molar-refractivity contribution in [3.8, 4) is 0 Å². The van der Waals surface area contributed by atoms with Crippen molar-refractivity contribution < 1.29 is 9.72 Å². The Kier molecular flexibility index (Phi) is 4.32. The number of hydrogen-bond donors (Lipinski definition) is 0. The van der Waals surface area contributed by atoms with Gasteiger partial charge in [0.1, 0.15) is 0 Å². The van der Waals surface area contributed by atoms with E-state index in [0.29, 0.717) is 5.78 Å². The quantitative estimate of drug-likeness (QED) is 0.620. The number of nitro benzene ring substituents is 1. The molecule has 0 atom stereocenters. The van der Waals surface area contributed by atoms with Crippen LogP contribution in [0, 0.1) is 15.5 Å². The van der Waals surface area contributed by atoms with Crippen molar-refractivity contribution in [3.05, 3.63) is 75.3 Å². The van der Waals surface area contributed by atoms with Gasteiger partial charge < -0.3 is 0 Å². The zero-order valence-corrected chi connectivity index (χ0v) is 14.7. The molecule has 1 heterocycles. The van der Waals surface area contributed by atoms with Gasteiger partial charge in [0.05, 0.1) is 4.92 Å². The van der Waals surface area contributed by atoms with Crippen LogP contribution in [-0.2, 0) is 13.0 Å². The van der Waals surface area contributed by atoms with E-state index in [1.165, 1.54) is 5.56 Å². The molecule has 1 fully saturated rings. The number of non-ortho nitro benzene ring substituents is 1. The monoisotopic (exact) mass is 350 g/mol. The summed E-state index contributed by atoms with van der Waals surface area (Å²) in [5.41, 5.74) is 3.11. The lowest BCUT2D eigenvalue weighted by atomic mass is 9.65. The number of piperidine rings is 1. The summed E-state index contributed by atoms with van der Waals surface area (Å²) in [6.07, 6.45) is 3.73. The maximum absolute atomic E-state index is 13.1. The van der Waals surface area contributed by atoms with Crippen LogP contribution in [0.4, 0.5) is 5.69 Å². The van der Waals surface area contributed by atoms with Gasteiger partial charge in [-0.15, -0.1) is 0 Å². The van der Waals surface area contributed by atoms with Crippen molar-refractivity contribution in [1.29, 1.82) is 0 Å². The van der Waals surface area contributed by atoms with Gasteiger partial charge in [0, 0.05) is 29.7 Å². The minimum atomic E-state index is -0.374. The van der Waals surface area contributed by atoms with E-state index in [1.54, 1.807) is 12.1 Å². The first-order valence-corrected chi connectivity index (χ1v) is 9.16. The number of fused-ring (bicyclic) bond motifs is 1. The summed E-state index contributed by atoms with van der Waals surface area (Å²) in [7, 11) is 0. The number of aryl methyl sites for hydroxylation is 1. The molecule has 0 aromatic heterocycles. The van der Waals surface area contributed by atoms with Gasteiger partial charge >= 0.3 is 0 Å². The summed E-state index contributed by atoms with van der Waals surface area (Å²) < 4.78 is 0. The van der Waals surface area contributed by atoms with E-state index in [4.69, 9.17) is 0 Å². The summed E-state index contributed by atoms with van der Waals surface area (Å²) in [5.74, 6) is 0.328. The summed E-state index contributed by atoms with van der Waals surface area (Å²) >= 11 is 0. The van der Waals surface area contributed by atoms with Gasteiger partial charge in [-0.25, -0.2) is 0 Å². The number of Topliss-reactive ketones (excluding diaryl/α,β-unsaturated/α-hetero) is 1. The highest BCUT2D eigenvalue weighted by molar-refractivity contribution is 6.02. The molecule has 5 nitrogen and oxygen atoms in total.